The third-order valence-electron chi connectivity index (χ3n) is 4.18. The zero-order valence-corrected chi connectivity index (χ0v) is 14.6. The van der Waals surface area contributed by atoms with Gasteiger partial charge in [0.1, 0.15) is 0 Å². The predicted molar refractivity (Wildman–Crippen MR) is 89.5 cm³/mol. The number of urea groups is 1. The molecule has 0 aromatic heterocycles. The van der Waals surface area contributed by atoms with Gasteiger partial charge in [-0.1, -0.05) is 28.1 Å². The molecule has 0 unspecified atom stereocenters. The van der Waals surface area contributed by atoms with E-state index in [1.807, 2.05) is 43.0 Å². The minimum absolute atomic E-state index is 0.0805. The minimum atomic E-state index is -0.605. The molecule has 3 amide bonds. The van der Waals surface area contributed by atoms with E-state index in [1.165, 1.54) is 0 Å². The van der Waals surface area contributed by atoms with Crippen molar-refractivity contribution in [2.24, 2.45) is 5.73 Å². The zero-order valence-electron chi connectivity index (χ0n) is 13.0. The Balaban J connectivity index is 2.14. The molecular formula is C16H22BrN3O2. The topological polar surface area (TPSA) is 66.6 Å². The lowest BCUT2D eigenvalue weighted by Crippen LogP contribution is -2.45. The van der Waals surface area contributed by atoms with Gasteiger partial charge in [0.15, 0.2) is 0 Å². The summed E-state index contributed by atoms with van der Waals surface area (Å²) in [6.07, 6.45) is 0.753. The number of carbonyl (C=O) groups is 2. The molecule has 0 saturated carbocycles. The molecule has 22 heavy (non-hydrogen) atoms. The Kier molecular flexibility index (Phi) is 5.11. The van der Waals surface area contributed by atoms with Crippen LogP contribution >= 0.6 is 15.9 Å². The summed E-state index contributed by atoms with van der Waals surface area (Å²) in [7, 11) is 0. The number of hydrogen-bond donors (Lipinski definition) is 1. The van der Waals surface area contributed by atoms with Gasteiger partial charge in [-0.3, -0.25) is 4.79 Å². The Morgan fingerprint density at radius 1 is 1.14 bits per heavy atom. The Bertz CT molecular complexity index is 574. The number of halogens is 1. The fraction of sp³-hybridized carbons (Fsp3) is 0.500. The standard InChI is InChI=1S/C16H22BrN3O2/c1-16(2,12-5-3-6-13(17)11-12)14(21)19-7-4-8-20(10-9-19)15(18)22/h3,5-6,11H,4,7-10H2,1-2H3,(H2,18,22). The monoisotopic (exact) mass is 367 g/mol. The zero-order chi connectivity index (χ0) is 16.3. The van der Waals surface area contributed by atoms with Crippen LogP contribution in [0.2, 0.25) is 0 Å². The van der Waals surface area contributed by atoms with Crippen LogP contribution < -0.4 is 5.73 Å². The van der Waals surface area contributed by atoms with Gasteiger partial charge in [0.05, 0.1) is 5.41 Å². The first-order valence-corrected chi connectivity index (χ1v) is 8.21. The van der Waals surface area contributed by atoms with Crippen molar-refractivity contribution in [3.05, 3.63) is 34.3 Å². The third-order valence-corrected chi connectivity index (χ3v) is 4.67. The highest BCUT2D eigenvalue weighted by Gasteiger charge is 2.34. The molecule has 1 heterocycles. The van der Waals surface area contributed by atoms with E-state index >= 15 is 0 Å². The van der Waals surface area contributed by atoms with E-state index in [0.29, 0.717) is 26.2 Å². The van der Waals surface area contributed by atoms with Gasteiger partial charge in [0.25, 0.3) is 0 Å². The van der Waals surface area contributed by atoms with Crippen LogP contribution in [0.4, 0.5) is 4.79 Å². The van der Waals surface area contributed by atoms with Crippen molar-refractivity contribution in [2.45, 2.75) is 25.7 Å². The highest BCUT2D eigenvalue weighted by Crippen LogP contribution is 2.28. The van der Waals surface area contributed by atoms with Crippen LogP contribution in [0.15, 0.2) is 28.7 Å². The Morgan fingerprint density at radius 3 is 2.41 bits per heavy atom. The lowest BCUT2D eigenvalue weighted by Gasteiger charge is -2.31. The molecule has 1 fully saturated rings. The number of carbonyl (C=O) groups excluding carboxylic acids is 2. The molecule has 1 saturated heterocycles. The molecular weight excluding hydrogens is 346 g/mol. The largest absolute Gasteiger partial charge is 0.351 e. The second-order valence-electron chi connectivity index (χ2n) is 6.11. The molecule has 0 spiro atoms. The maximum Gasteiger partial charge on any atom is 0.314 e. The molecule has 1 aromatic carbocycles. The summed E-state index contributed by atoms with van der Waals surface area (Å²) in [4.78, 5) is 27.6. The molecule has 6 heteroatoms. The van der Waals surface area contributed by atoms with Gasteiger partial charge in [0, 0.05) is 30.7 Å². The smallest absolute Gasteiger partial charge is 0.314 e. The molecule has 5 nitrogen and oxygen atoms in total. The van der Waals surface area contributed by atoms with Crippen molar-refractivity contribution < 1.29 is 9.59 Å². The molecule has 1 aromatic rings. The number of hydrogen-bond acceptors (Lipinski definition) is 2. The van der Waals surface area contributed by atoms with E-state index in [2.05, 4.69) is 15.9 Å². The van der Waals surface area contributed by atoms with E-state index in [1.54, 1.807) is 4.90 Å². The van der Waals surface area contributed by atoms with Gasteiger partial charge in [-0.2, -0.15) is 0 Å². The van der Waals surface area contributed by atoms with Crippen molar-refractivity contribution in [3.8, 4) is 0 Å². The number of nitrogens with zero attached hydrogens (tertiary/aromatic N) is 2. The molecule has 1 aliphatic heterocycles. The molecule has 0 aliphatic carbocycles. The van der Waals surface area contributed by atoms with Gasteiger partial charge in [-0.05, 0) is 38.0 Å². The minimum Gasteiger partial charge on any atom is -0.351 e. The first-order chi connectivity index (χ1) is 10.3. The number of nitrogens with two attached hydrogens (primary N) is 1. The van der Waals surface area contributed by atoms with Crippen molar-refractivity contribution >= 4 is 27.9 Å². The summed E-state index contributed by atoms with van der Waals surface area (Å²) in [5.74, 6) is 0.0805. The van der Waals surface area contributed by atoms with Gasteiger partial charge in [-0.15, -0.1) is 0 Å². The van der Waals surface area contributed by atoms with Crippen LogP contribution in [0, 0.1) is 0 Å². The molecule has 0 bridgehead atoms. The van der Waals surface area contributed by atoms with Crippen LogP contribution in [-0.4, -0.2) is 47.9 Å². The quantitative estimate of drug-likeness (QED) is 0.871. The lowest BCUT2D eigenvalue weighted by atomic mass is 9.83. The van der Waals surface area contributed by atoms with Crippen LogP contribution in [0.3, 0.4) is 0 Å². The first kappa shape index (κ1) is 16.8. The van der Waals surface area contributed by atoms with Gasteiger partial charge in [-0.25, -0.2) is 4.79 Å². The Morgan fingerprint density at radius 2 is 1.77 bits per heavy atom. The van der Waals surface area contributed by atoms with Gasteiger partial charge in [0.2, 0.25) is 5.91 Å². The number of rotatable bonds is 2. The third kappa shape index (κ3) is 3.61. The molecule has 2 rings (SSSR count). The maximum absolute atomic E-state index is 12.9. The van der Waals surface area contributed by atoms with Crippen molar-refractivity contribution in [1.82, 2.24) is 9.80 Å². The van der Waals surface area contributed by atoms with Crippen molar-refractivity contribution in [1.29, 1.82) is 0 Å². The molecule has 2 N–H and O–H groups in total. The van der Waals surface area contributed by atoms with Crippen molar-refractivity contribution in [2.75, 3.05) is 26.2 Å². The van der Waals surface area contributed by atoms with Crippen molar-refractivity contribution in [3.63, 3.8) is 0 Å². The summed E-state index contributed by atoms with van der Waals surface area (Å²) >= 11 is 3.45. The van der Waals surface area contributed by atoms with Crippen LogP contribution in [0.5, 0.6) is 0 Å². The molecule has 120 valence electrons. The van der Waals surface area contributed by atoms with Crippen LogP contribution in [0.1, 0.15) is 25.8 Å². The fourth-order valence-electron chi connectivity index (χ4n) is 2.74. The summed E-state index contributed by atoms with van der Waals surface area (Å²) in [5.41, 5.74) is 5.70. The number of benzene rings is 1. The highest BCUT2D eigenvalue weighted by molar-refractivity contribution is 9.10. The summed E-state index contributed by atoms with van der Waals surface area (Å²) in [6, 6.07) is 7.41. The maximum atomic E-state index is 12.9. The second-order valence-corrected chi connectivity index (χ2v) is 7.02. The molecule has 0 atom stereocenters. The summed E-state index contributed by atoms with van der Waals surface area (Å²) in [6.45, 7) is 6.16. The Hall–Kier alpha value is -1.56. The van der Waals surface area contributed by atoms with E-state index in [0.717, 1.165) is 16.5 Å². The number of primary amides is 1. The lowest BCUT2D eigenvalue weighted by molar-refractivity contribution is -0.136. The van der Waals surface area contributed by atoms with Crippen LogP contribution in [0.25, 0.3) is 0 Å². The Labute approximate surface area is 139 Å². The first-order valence-electron chi connectivity index (χ1n) is 7.42. The number of amides is 3. The molecule has 1 aliphatic rings. The van der Waals surface area contributed by atoms with Gasteiger partial charge >= 0.3 is 6.03 Å². The van der Waals surface area contributed by atoms with E-state index < -0.39 is 11.4 Å². The second kappa shape index (κ2) is 6.69. The summed E-state index contributed by atoms with van der Waals surface area (Å²) < 4.78 is 0.960. The highest BCUT2D eigenvalue weighted by atomic mass is 79.9. The fourth-order valence-corrected chi connectivity index (χ4v) is 3.14. The molecule has 0 radical (unpaired) electrons. The predicted octanol–water partition coefficient (Wildman–Crippen LogP) is 2.34. The van der Waals surface area contributed by atoms with E-state index in [9.17, 15) is 9.59 Å². The van der Waals surface area contributed by atoms with E-state index in [-0.39, 0.29) is 5.91 Å². The average molecular weight is 368 g/mol. The van der Waals surface area contributed by atoms with Crippen LogP contribution in [-0.2, 0) is 10.2 Å². The van der Waals surface area contributed by atoms with E-state index in [4.69, 9.17) is 5.73 Å². The summed E-state index contributed by atoms with van der Waals surface area (Å²) in [5, 5.41) is 0. The normalized spacial score (nSPS) is 16.3. The SMILES string of the molecule is CC(C)(C(=O)N1CCCN(C(N)=O)CC1)c1cccc(Br)c1. The van der Waals surface area contributed by atoms with Gasteiger partial charge < -0.3 is 15.5 Å². The average Bonchev–Trinajstić information content (AvgIpc) is 2.72.